The molecule has 0 radical (unpaired) electrons. The van der Waals surface area contributed by atoms with Gasteiger partial charge in [0.05, 0.1) is 11.0 Å². The van der Waals surface area contributed by atoms with Crippen LogP contribution < -0.4 is 10.7 Å². The molecule has 2 fully saturated rings. The lowest BCUT2D eigenvalue weighted by Crippen LogP contribution is -2.32. The molecular formula is C24H30N8OS. The molecular weight excluding hydrogens is 448 g/mol. The normalized spacial score (nSPS) is 21.0. The van der Waals surface area contributed by atoms with E-state index in [1.807, 2.05) is 18.3 Å². The number of rotatable bonds is 8. The number of hydrazine groups is 1. The van der Waals surface area contributed by atoms with Gasteiger partial charge in [0, 0.05) is 37.7 Å². The Morgan fingerprint density at radius 2 is 2.06 bits per heavy atom. The van der Waals surface area contributed by atoms with Crippen LogP contribution >= 0.6 is 11.3 Å². The number of aromatic nitrogens is 4. The zero-order valence-corrected chi connectivity index (χ0v) is 20.1. The molecule has 3 aromatic rings. The van der Waals surface area contributed by atoms with Crippen molar-refractivity contribution < 1.29 is 4.74 Å². The SMILES string of the molecule is C1=C(c2cnc3ccc(Nc4nnc(C5CCCO5)s4)nc3c2)CNN1CCCN1CCCC1. The Morgan fingerprint density at radius 1 is 1.12 bits per heavy atom. The first kappa shape index (κ1) is 21.8. The summed E-state index contributed by atoms with van der Waals surface area (Å²) < 4.78 is 5.71. The van der Waals surface area contributed by atoms with E-state index in [0.717, 1.165) is 65.1 Å². The Labute approximate surface area is 203 Å². The molecule has 6 rings (SSSR count). The molecule has 3 aromatic heterocycles. The third-order valence-electron chi connectivity index (χ3n) is 6.65. The molecule has 178 valence electrons. The second-order valence-corrected chi connectivity index (χ2v) is 10.1. The summed E-state index contributed by atoms with van der Waals surface area (Å²) >= 11 is 1.53. The van der Waals surface area contributed by atoms with E-state index >= 15 is 0 Å². The van der Waals surface area contributed by atoms with E-state index in [9.17, 15) is 0 Å². The van der Waals surface area contributed by atoms with Crippen LogP contribution in [0.2, 0.25) is 0 Å². The van der Waals surface area contributed by atoms with Gasteiger partial charge in [-0.25, -0.2) is 10.4 Å². The first-order chi connectivity index (χ1) is 16.8. The number of hydrogen-bond acceptors (Lipinski definition) is 10. The van der Waals surface area contributed by atoms with Crippen molar-refractivity contribution in [2.75, 3.05) is 44.6 Å². The van der Waals surface area contributed by atoms with Crippen LogP contribution in [0.5, 0.6) is 0 Å². The Bertz CT molecular complexity index is 1170. The van der Waals surface area contributed by atoms with E-state index in [0.29, 0.717) is 0 Å². The number of pyridine rings is 2. The maximum absolute atomic E-state index is 5.71. The first-order valence-corrected chi connectivity index (χ1v) is 13.0. The molecule has 6 heterocycles. The van der Waals surface area contributed by atoms with Crippen LogP contribution in [-0.2, 0) is 4.74 Å². The minimum atomic E-state index is 0.0810. The number of nitrogens with zero attached hydrogens (tertiary/aromatic N) is 6. The molecule has 1 unspecified atom stereocenters. The third-order valence-corrected chi connectivity index (χ3v) is 7.58. The van der Waals surface area contributed by atoms with Gasteiger partial charge in [0.15, 0.2) is 0 Å². The van der Waals surface area contributed by atoms with E-state index in [-0.39, 0.29) is 6.10 Å². The summed E-state index contributed by atoms with van der Waals surface area (Å²) in [5, 5.41) is 15.7. The summed E-state index contributed by atoms with van der Waals surface area (Å²) in [6, 6.07) is 6.04. The summed E-state index contributed by atoms with van der Waals surface area (Å²) in [6.45, 7) is 6.33. The Morgan fingerprint density at radius 3 is 2.94 bits per heavy atom. The van der Waals surface area contributed by atoms with Crippen LogP contribution in [0.4, 0.5) is 10.9 Å². The van der Waals surface area contributed by atoms with Crippen molar-refractivity contribution in [2.24, 2.45) is 0 Å². The molecule has 10 heteroatoms. The summed E-state index contributed by atoms with van der Waals surface area (Å²) in [4.78, 5) is 12.0. The van der Waals surface area contributed by atoms with Crippen molar-refractivity contribution in [3.63, 3.8) is 0 Å². The zero-order valence-electron chi connectivity index (χ0n) is 19.2. The topological polar surface area (TPSA) is 91.3 Å². The fourth-order valence-electron chi connectivity index (χ4n) is 4.81. The maximum atomic E-state index is 5.71. The van der Waals surface area contributed by atoms with Crippen molar-refractivity contribution >= 4 is 38.9 Å². The van der Waals surface area contributed by atoms with E-state index in [4.69, 9.17) is 9.72 Å². The fraction of sp³-hybridized carbons (Fsp3) is 0.500. The third kappa shape index (κ3) is 4.90. The molecule has 0 amide bonds. The molecule has 2 N–H and O–H groups in total. The summed E-state index contributed by atoms with van der Waals surface area (Å²) in [5.41, 5.74) is 7.56. The van der Waals surface area contributed by atoms with Crippen molar-refractivity contribution in [1.29, 1.82) is 0 Å². The number of ether oxygens (including phenoxy) is 1. The molecule has 2 saturated heterocycles. The van der Waals surface area contributed by atoms with E-state index in [1.54, 1.807) is 0 Å². The number of fused-ring (bicyclic) bond motifs is 1. The standard InChI is InChI=1S/C24H30N8OS/c1-2-9-31(8-1)10-4-11-32-16-18(15-26-32)17-13-20-19(25-14-17)6-7-22(27-20)28-24-30-29-23(34-24)21-5-3-12-33-21/h6-7,13-14,16,21,26H,1-5,8-12,15H2,(H,27,28,30). The highest BCUT2D eigenvalue weighted by Crippen LogP contribution is 2.33. The second kappa shape index (κ2) is 9.91. The van der Waals surface area contributed by atoms with E-state index in [2.05, 4.69) is 48.1 Å². The van der Waals surface area contributed by atoms with Gasteiger partial charge < -0.3 is 20.0 Å². The summed E-state index contributed by atoms with van der Waals surface area (Å²) in [5.74, 6) is 0.739. The predicted molar refractivity (Wildman–Crippen MR) is 134 cm³/mol. The highest BCUT2D eigenvalue weighted by Gasteiger charge is 2.22. The highest BCUT2D eigenvalue weighted by molar-refractivity contribution is 7.15. The maximum Gasteiger partial charge on any atom is 0.211 e. The number of nitrogens with one attached hydrogen (secondary N) is 2. The molecule has 0 saturated carbocycles. The lowest BCUT2D eigenvalue weighted by Gasteiger charge is -2.19. The van der Waals surface area contributed by atoms with Crippen LogP contribution in [0.15, 0.2) is 30.6 Å². The van der Waals surface area contributed by atoms with Gasteiger partial charge in [-0.1, -0.05) is 11.3 Å². The molecule has 0 bridgehead atoms. The van der Waals surface area contributed by atoms with Crippen LogP contribution in [0, 0.1) is 0 Å². The number of likely N-dealkylation sites (tertiary alicyclic amines) is 1. The van der Waals surface area contributed by atoms with Crippen LogP contribution in [0.1, 0.15) is 48.8 Å². The van der Waals surface area contributed by atoms with Gasteiger partial charge in [-0.05, 0) is 75.5 Å². The van der Waals surface area contributed by atoms with Crippen molar-refractivity contribution in [3.8, 4) is 0 Å². The minimum absolute atomic E-state index is 0.0810. The number of hydrogen-bond donors (Lipinski definition) is 2. The molecule has 3 aliphatic rings. The van der Waals surface area contributed by atoms with Crippen LogP contribution in [-0.4, -0.2) is 69.4 Å². The van der Waals surface area contributed by atoms with Gasteiger partial charge in [-0.15, -0.1) is 10.2 Å². The summed E-state index contributed by atoms with van der Waals surface area (Å²) in [6.07, 6.45) is 10.2. The molecule has 9 nitrogen and oxygen atoms in total. The van der Waals surface area contributed by atoms with Gasteiger partial charge in [0.25, 0.3) is 0 Å². The quantitative estimate of drug-likeness (QED) is 0.502. The van der Waals surface area contributed by atoms with Crippen molar-refractivity contribution in [2.45, 2.75) is 38.2 Å². The largest absolute Gasteiger partial charge is 0.371 e. The Balaban J connectivity index is 1.12. The predicted octanol–water partition coefficient (Wildman–Crippen LogP) is 3.72. The lowest BCUT2D eigenvalue weighted by atomic mass is 10.1. The Kier molecular flexibility index (Phi) is 6.37. The molecule has 0 spiro atoms. The average Bonchev–Trinajstić information content (AvgIpc) is 3.67. The number of anilines is 2. The lowest BCUT2D eigenvalue weighted by molar-refractivity contribution is 0.111. The van der Waals surface area contributed by atoms with E-state index < -0.39 is 0 Å². The van der Waals surface area contributed by atoms with Crippen molar-refractivity contribution in [1.82, 2.24) is 35.5 Å². The van der Waals surface area contributed by atoms with Gasteiger partial charge in [0.2, 0.25) is 5.13 Å². The fourth-order valence-corrected chi connectivity index (χ4v) is 5.64. The minimum Gasteiger partial charge on any atom is -0.371 e. The van der Waals surface area contributed by atoms with Gasteiger partial charge in [-0.3, -0.25) is 4.98 Å². The van der Waals surface area contributed by atoms with Gasteiger partial charge >= 0.3 is 0 Å². The second-order valence-electron chi connectivity index (χ2n) is 9.12. The monoisotopic (exact) mass is 478 g/mol. The zero-order chi connectivity index (χ0) is 22.7. The van der Waals surface area contributed by atoms with Crippen LogP contribution in [0.3, 0.4) is 0 Å². The molecule has 1 atom stereocenters. The van der Waals surface area contributed by atoms with Gasteiger partial charge in [-0.2, -0.15) is 0 Å². The van der Waals surface area contributed by atoms with E-state index in [1.165, 1.54) is 55.8 Å². The summed E-state index contributed by atoms with van der Waals surface area (Å²) in [7, 11) is 0. The molecule has 0 aliphatic carbocycles. The molecule has 34 heavy (non-hydrogen) atoms. The average molecular weight is 479 g/mol. The van der Waals surface area contributed by atoms with Gasteiger partial charge in [0.1, 0.15) is 16.9 Å². The molecule has 3 aliphatic heterocycles. The van der Waals surface area contributed by atoms with Crippen LogP contribution in [0.25, 0.3) is 16.6 Å². The smallest absolute Gasteiger partial charge is 0.211 e. The Hall–Kier alpha value is -2.66. The first-order valence-electron chi connectivity index (χ1n) is 12.2. The molecule has 0 aromatic carbocycles. The highest BCUT2D eigenvalue weighted by atomic mass is 32.1. The van der Waals surface area contributed by atoms with Crippen molar-refractivity contribution in [3.05, 3.63) is 41.2 Å².